The van der Waals surface area contributed by atoms with Crippen molar-refractivity contribution in [3.8, 4) is 11.8 Å². The lowest BCUT2D eigenvalue weighted by Gasteiger charge is -2.34. The summed E-state index contributed by atoms with van der Waals surface area (Å²) in [5, 5.41) is 7.71. The molecule has 0 radical (unpaired) electrons. The number of rotatable bonds is 5. The molecule has 32 heavy (non-hydrogen) atoms. The third kappa shape index (κ3) is 4.41. The van der Waals surface area contributed by atoms with Crippen molar-refractivity contribution in [3.05, 3.63) is 59.4 Å². The first-order valence-electron chi connectivity index (χ1n) is 10.8. The minimum Gasteiger partial charge on any atom is -0.373 e. The van der Waals surface area contributed by atoms with Gasteiger partial charge in [0, 0.05) is 61.3 Å². The lowest BCUT2D eigenvalue weighted by Crippen LogP contribution is -2.47. The van der Waals surface area contributed by atoms with Gasteiger partial charge in [0.2, 0.25) is 5.91 Å². The molecule has 6 nitrogen and oxygen atoms in total. The highest BCUT2D eigenvalue weighted by atomic mass is 19.1. The fourth-order valence-electron chi connectivity index (χ4n) is 3.80. The number of aromatic nitrogens is 2. The number of nitrogens with one attached hydrogen (secondary N) is 2. The van der Waals surface area contributed by atoms with Gasteiger partial charge in [0.15, 0.2) is 0 Å². The van der Waals surface area contributed by atoms with Crippen molar-refractivity contribution in [3.63, 3.8) is 0 Å². The maximum absolute atomic E-state index is 13.0. The molecule has 0 unspecified atom stereocenters. The van der Waals surface area contributed by atoms with E-state index in [1.807, 2.05) is 37.4 Å². The van der Waals surface area contributed by atoms with Gasteiger partial charge in [-0.25, -0.2) is 14.4 Å². The Kier molecular flexibility index (Phi) is 5.46. The van der Waals surface area contributed by atoms with Gasteiger partial charge in [0.05, 0.1) is 5.56 Å². The number of hydrogen-bond donors (Lipinski definition) is 2. The van der Waals surface area contributed by atoms with Crippen LogP contribution in [0.1, 0.15) is 29.5 Å². The second-order valence-electron chi connectivity index (χ2n) is 8.39. The van der Waals surface area contributed by atoms with E-state index in [4.69, 9.17) is 0 Å². The van der Waals surface area contributed by atoms with Crippen LogP contribution in [0.15, 0.2) is 42.7 Å². The summed E-state index contributed by atoms with van der Waals surface area (Å²) in [6.07, 6.45) is 4.65. The van der Waals surface area contributed by atoms with Gasteiger partial charge in [-0.05, 0) is 36.6 Å². The van der Waals surface area contributed by atoms with Gasteiger partial charge < -0.3 is 10.6 Å². The average Bonchev–Trinajstić information content (AvgIpc) is 3.63. The molecule has 0 bridgehead atoms. The van der Waals surface area contributed by atoms with Crippen molar-refractivity contribution in [2.45, 2.75) is 25.6 Å². The fourth-order valence-corrected chi connectivity index (χ4v) is 3.80. The molecule has 2 aliphatic rings. The Hall–Kier alpha value is -3.50. The predicted molar refractivity (Wildman–Crippen MR) is 123 cm³/mol. The van der Waals surface area contributed by atoms with Gasteiger partial charge >= 0.3 is 0 Å². The Morgan fingerprint density at radius 2 is 1.91 bits per heavy atom. The molecule has 1 saturated carbocycles. The Labute approximate surface area is 186 Å². The number of anilines is 2. The van der Waals surface area contributed by atoms with Crippen LogP contribution in [0, 0.1) is 17.8 Å². The first-order valence-corrected chi connectivity index (χ1v) is 10.8. The smallest absolute Gasteiger partial charge is 0.228 e. The van der Waals surface area contributed by atoms with Gasteiger partial charge in [0.1, 0.15) is 17.8 Å². The van der Waals surface area contributed by atoms with Gasteiger partial charge in [-0.2, -0.15) is 0 Å². The highest BCUT2D eigenvalue weighted by molar-refractivity contribution is 5.99. The van der Waals surface area contributed by atoms with E-state index in [1.54, 1.807) is 12.4 Å². The minimum atomic E-state index is -0.685. The van der Waals surface area contributed by atoms with E-state index in [0.29, 0.717) is 24.7 Å². The van der Waals surface area contributed by atoms with Crippen LogP contribution in [0.3, 0.4) is 0 Å². The third-order valence-corrected chi connectivity index (χ3v) is 5.82. The molecule has 162 valence electrons. The normalized spacial score (nSPS) is 16.2. The average molecular weight is 429 g/mol. The lowest BCUT2D eigenvalue weighted by molar-refractivity contribution is -0.117. The molecular formula is C25H24FN5O. The number of fused-ring (bicyclic) bond motifs is 1. The van der Waals surface area contributed by atoms with Crippen LogP contribution in [0.4, 0.5) is 16.0 Å². The fraction of sp³-hybridized carbons (Fsp3) is 0.320. The SMILES string of the molecule is CNc1ncc(C#Cc2ccc(CN3CC(F)C3)cc2)c2cc(NC(=O)C3CC3)ncc12. The van der Waals surface area contributed by atoms with E-state index in [0.717, 1.165) is 46.8 Å². The van der Waals surface area contributed by atoms with E-state index < -0.39 is 6.17 Å². The molecule has 2 fully saturated rings. The number of benzene rings is 1. The minimum absolute atomic E-state index is 0.0210. The molecule has 2 N–H and O–H groups in total. The van der Waals surface area contributed by atoms with Crippen LogP contribution in [-0.2, 0) is 11.3 Å². The molecule has 1 amide bonds. The molecule has 1 aliphatic carbocycles. The third-order valence-electron chi connectivity index (χ3n) is 5.82. The van der Waals surface area contributed by atoms with Crippen molar-refractivity contribution in [1.82, 2.24) is 14.9 Å². The molecule has 2 aromatic heterocycles. The summed E-state index contributed by atoms with van der Waals surface area (Å²) in [5.41, 5.74) is 2.81. The first kappa shape index (κ1) is 20.4. The molecule has 3 heterocycles. The molecular weight excluding hydrogens is 405 g/mol. The maximum Gasteiger partial charge on any atom is 0.228 e. The molecule has 3 aromatic rings. The Morgan fingerprint density at radius 3 is 2.59 bits per heavy atom. The number of hydrogen-bond acceptors (Lipinski definition) is 5. The Morgan fingerprint density at radius 1 is 1.12 bits per heavy atom. The van der Waals surface area contributed by atoms with E-state index >= 15 is 0 Å². The van der Waals surface area contributed by atoms with Crippen LogP contribution in [0.2, 0.25) is 0 Å². The highest BCUT2D eigenvalue weighted by Crippen LogP contribution is 2.31. The number of halogens is 1. The lowest BCUT2D eigenvalue weighted by atomic mass is 10.1. The van der Waals surface area contributed by atoms with Crippen LogP contribution < -0.4 is 10.6 Å². The number of carbonyl (C=O) groups is 1. The molecule has 5 rings (SSSR count). The number of likely N-dealkylation sites (tertiary alicyclic amines) is 1. The molecule has 0 spiro atoms. The number of nitrogens with zero attached hydrogens (tertiary/aromatic N) is 3. The first-order chi connectivity index (χ1) is 15.6. The number of amides is 1. The van der Waals surface area contributed by atoms with Gasteiger partial charge in [-0.3, -0.25) is 9.69 Å². The van der Waals surface area contributed by atoms with Crippen molar-refractivity contribution >= 4 is 28.3 Å². The summed E-state index contributed by atoms with van der Waals surface area (Å²) < 4.78 is 13.0. The van der Waals surface area contributed by atoms with Crippen LogP contribution >= 0.6 is 0 Å². The maximum atomic E-state index is 13.0. The van der Waals surface area contributed by atoms with E-state index in [1.165, 1.54) is 0 Å². The summed E-state index contributed by atoms with van der Waals surface area (Å²) in [4.78, 5) is 23.1. The summed E-state index contributed by atoms with van der Waals surface area (Å²) in [5.74, 6) is 7.79. The molecule has 1 saturated heterocycles. The standard InChI is InChI=1S/C25H24FN5O/c1-27-24-22-12-28-23(30-25(32)18-8-9-18)10-21(22)19(11-29-24)7-6-16-2-4-17(5-3-16)13-31-14-20(26)15-31/h2-5,10-12,18,20H,8-9,13-15H2,1H3,(H,27,29)(H,28,30,32). The quantitative estimate of drug-likeness (QED) is 0.607. The van der Waals surface area contributed by atoms with Crippen molar-refractivity contribution in [2.75, 3.05) is 30.8 Å². The van der Waals surface area contributed by atoms with Gasteiger partial charge in [0.25, 0.3) is 0 Å². The van der Waals surface area contributed by atoms with Crippen LogP contribution in [-0.4, -0.2) is 47.1 Å². The summed E-state index contributed by atoms with van der Waals surface area (Å²) in [6, 6.07) is 9.89. The molecule has 1 aliphatic heterocycles. The second-order valence-corrected chi connectivity index (χ2v) is 8.39. The Bertz CT molecular complexity index is 1220. The summed E-state index contributed by atoms with van der Waals surface area (Å²) in [7, 11) is 1.81. The topological polar surface area (TPSA) is 70.2 Å². The van der Waals surface area contributed by atoms with E-state index in [9.17, 15) is 9.18 Å². The second kappa shape index (κ2) is 8.56. The zero-order valence-electron chi connectivity index (χ0n) is 17.9. The zero-order valence-corrected chi connectivity index (χ0v) is 17.9. The number of pyridine rings is 2. The Balaban J connectivity index is 1.39. The molecule has 1 aromatic carbocycles. The summed E-state index contributed by atoms with van der Waals surface area (Å²) in [6.45, 7) is 1.79. The predicted octanol–water partition coefficient (Wildman–Crippen LogP) is 3.57. The van der Waals surface area contributed by atoms with Crippen LogP contribution in [0.25, 0.3) is 10.8 Å². The number of alkyl halides is 1. The monoisotopic (exact) mass is 429 g/mol. The van der Waals surface area contributed by atoms with E-state index in [-0.39, 0.29) is 11.8 Å². The highest BCUT2D eigenvalue weighted by Gasteiger charge is 2.30. The summed E-state index contributed by atoms with van der Waals surface area (Å²) >= 11 is 0. The van der Waals surface area contributed by atoms with Gasteiger partial charge in [-0.15, -0.1) is 0 Å². The zero-order chi connectivity index (χ0) is 22.1. The van der Waals surface area contributed by atoms with Crippen molar-refractivity contribution in [1.29, 1.82) is 0 Å². The van der Waals surface area contributed by atoms with Crippen molar-refractivity contribution < 1.29 is 9.18 Å². The molecule has 0 atom stereocenters. The van der Waals surface area contributed by atoms with Gasteiger partial charge in [-0.1, -0.05) is 24.0 Å². The number of carbonyl (C=O) groups excluding carboxylic acids is 1. The van der Waals surface area contributed by atoms with Crippen LogP contribution in [0.5, 0.6) is 0 Å². The van der Waals surface area contributed by atoms with Crippen molar-refractivity contribution in [2.24, 2.45) is 5.92 Å². The largest absolute Gasteiger partial charge is 0.373 e. The van der Waals surface area contributed by atoms with E-state index in [2.05, 4.69) is 37.3 Å². The molecule has 7 heteroatoms.